The predicted molar refractivity (Wildman–Crippen MR) is 90.0 cm³/mol. The van der Waals surface area contributed by atoms with Crippen molar-refractivity contribution in [3.63, 3.8) is 0 Å². The number of rotatable bonds is 4. The third kappa shape index (κ3) is 4.83. The first-order valence-corrected chi connectivity index (χ1v) is 8.37. The van der Waals surface area contributed by atoms with Crippen LogP contribution in [0.4, 0.5) is 0 Å². The Labute approximate surface area is 136 Å². The number of amides is 1. The van der Waals surface area contributed by atoms with E-state index in [-0.39, 0.29) is 18.3 Å². The number of hydrogen-bond donors (Lipinski definition) is 1. The van der Waals surface area contributed by atoms with Crippen LogP contribution in [-0.4, -0.2) is 60.5 Å². The summed E-state index contributed by atoms with van der Waals surface area (Å²) < 4.78 is 0. The van der Waals surface area contributed by atoms with E-state index in [4.69, 9.17) is 0 Å². The van der Waals surface area contributed by atoms with Gasteiger partial charge in [-0.25, -0.2) is 0 Å². The van der Waals surface area contributed by atoms with Crippen LogP contribution in [0.25, 0.3) is 0 Å². The van der Waals surface area contributed by atoms with Gasteiger partial charge in [-0.2, -0.15) is 0 Å². The maximum Gasteiger partial charge on any atom is 0.219 e. The summed E-state index contributed by atoms with van der Waals surface area (Å²) in [6, 6.07) is 0.966. The van der Waals surface area contributed by atoms with Crippen molar-refractivity contribution in [3.05, 3.63) is 0 Å². The maximum atomic E-state index is 11.8. The molecule has 0 aromatic carbocycles. The summed E-state index contributed by atoms with van der Waals surface area (Å²) in [4.78, 5) is 16.6. The molecule has 2 aliphatic rings. The second-order valence-corrected chi connectivity index (χ2v) is 6.44. The fraction of sp³-hybridized carbons (Fsp3) is 0.938. The molecule has 2 fully saturated rings. The van der Waals surface area contributed by atoms with Crippen LogP contribution in [0.1, 0.15) is 46.5 Å². The second-order valence-electron chi connectivity index (χ2n) is 6.44. The first-order valence-electron chi connectivity index (χ1n) is 8.37. The van der Waals surface area contributed by atoms with E-state index in [1.807, 2.05) is 0 Å². The van der Waals surface area contributed by atoms with Crippen molar-refractivity contribution in [1.29, 1.82) is 0 Å². The summed E-state index contributed by atoms with van der Waals surface area (Å²) in [5.74, 6) is 1.09. The molecule has 2 unspecified atom stereocenters. The molecule has 0 bridgehead atoms. The van der Waals surface area contributed by atoms with Crippen LogP contribution in [0.15, 0.2) is 0 Å². The van der Waals surface area contributed by atoms with Crippen LogP contribution in [0.2, 0.25) is 0 Å². The molecule has 0 radical (unpaired) electrons. The average Bonchev–Trinajstić information content (AvgIpc) is 2.47. The van der Waals surface area contributed by atoms with Gasteiger partial charge >= 0.3 is 0 Å². The molecule has 0 spiro atoms. The molecule has 5 heteroatoms. The van der Waals surface area contributed by atoms with Gasteiger partial charge in [-0.15, -0.1) is 12.4 Å². The molecule has 0 aromatic heterocycles. The topological polar surface area (TPSA) is 35.6 Å². The Balaban J connectivity index is 0.00000220. The van der Waals surface area contributed by atoms with Gasteiger partial charge in [0, 0.05) is 38.6 Å². The molecule has 2 saturated heterocycles. The summed E-state index contributed by atoms with van der Waals surface area (Å²) in [6.07, 6.45) is 4.82. The minimum atomic E-state index is 0. The molecule has 0 aromatic rings. The molecular formula is C16H32ClN3O. The maximum absolute atomic E-state index is 11.8. The average molecular weight is 318 g/mol. The Morgan fingerprint density at radius 2 is 1.71 bits per heavy atom. The fourth-order valence-corrected chi connectivity index (χ4v) is 3.75. The van der Waals surface area contributed by atoms with Crippen molar-refractivity contribution in [2.75, 3.05) is 32.7 Å². The van der Waals surface area contributed by atoms with Crippen molar-refractivity contribution in [2.45, 2.75) is 58.5 Å². The monoisotopic (exact) mass is 317 g/mol. The van der Waals surface area contributed by atoms with Gasteiger partial charge in [-0.05, 0) is 44.7 Å². The number of halogens is 1. The highest BCUT2D eigenvalue weighted by atomic mass is 35.5. The zero-order valence-corrected chi connectivity index (χ0v) is 14.6. The number of carbonyl (C=O) groups is 1. The van der Waals surface area contributed by atoms with Gasteiger partial charge in [-0.1, -0.05) is 13.8 Å². The Morgan fingerprint density at radius 3 is 2.24 bits per heavy atom. The highest BCUT2D eigenvalue weighted by Gasteiger charge is 2.34. The zero-order chi connectivity index (χ0) is 14.5. The lowest BCUT2D eigenvalue weighted by Crippen LogP contribution is -2.60. The normalized spacial score (nSPS) is 28.2. The first kappa shape index (κ1) is 18.7. The summed E-state index contributed by atoms with van der Waals surface area (Å²) >= 11 is 0. The van der Waals surface area contributed by atoms with Gasteiger partial charge in [0.15, 0.2) is 0 Å². The molecule has 1 amide bonds. The molecule has 4 nitrogen and oxygen atoms in total. The first-order chi connectivity index (χ1) is 9.65. The van der Waals surface area contributed by atoms with Crippen molar-refractivity contribution < 1.29 is 4.79 Å². The van der Waals surface area contributed by atoms with Gasteiger partial charge in [0.05, 0.1) is 0 Å². The Bertz CT molecular complexity index is 321. The number of nitrogens with zero attached hydrogens (tertiary/aromatic N) is 2. The smallest absolute Gasteiger partial charge is 0.219 e. The molecule has 2 aliphatic heterocycles. The zero-order valence-electron chi connectivity index (χ0n) is 13.8. The standard InChI is InChI=1S/C16H31N3O.ClH/c1-4-15-12-19(13(3)20)16(5-2)11-18(15)10-14-6-8-17-9-7-14;/h14-17H,4-12H2,1-3H3;1H. The van der Waals surface area contributed by atoms with Crippen molar-refractivity contribution in [1.82, 2.24) is 15.1 Å². The predicted octanol–water partition coefficient (Wildman–Crippen LogP) is 2.13. The fourth-order valence-electron chi connectivity index (χ4n) is 3.75. The van der Waals surface area contributed by atoms with E-state index >= 15 is 0 Å². The Hall–Kier alpha value is -0.320. The van der Waals surface area contributed by atoms with Crippen LogP contribution in [0.5, 0.6) is 0 Å². The summed E-state index contributed by atoms with van der Waals surface area (Å²) in [6.45, 7) is 11.7. The lowest BCUT2D eigenvalue weighted by molar-refractivity contribution is -0.136. The largest absolute Gasteiger partial charge is 0.337 e. The van der Waals surface area contributed by atoms with E-state index in [0.29, 0.717) is 12.1 Å². The van der Waals surface area contributed by atoms with E-state index in [9.17, 15) is 4.79 Å². The minimum absolute atomic E-state index is 0. The van der Waals surface area contributed by atoms with E-state index in [1.54, 1.807) is 6.92 Å². The Morgan fingerprint density at radius 1 is 1.10 bits per heavy atom. The van der Waals surface area contributed by atoms with E-state index in [2.05, 4.69) is 29.0 Å². The molecule has 2 atom stereocenters. The molecule has 21 heavy (non-hydrogen) atoms. The summed E-state index contributed by atoms with van der Waals surface area (Å²) in [5.41, 5.74) is 0. The van der Waals surface area contributed by atoms with Crippen molar-refractivity contribution >= 4 is 18.3 Å². The van der Waals surface area contributed by atoms with E-state index < -0.39 is 0 Å². The highest BCUT2D eigenvalue weighted by Crippen LogP contribution is 2.23. The molecule has 2 heterocycles. The molecule has 0 saturated carbocycles. The SMILES string of the molecule is CCC1CN(C(C)=O)C(CC)CN1CC1CCNCC1.Cl. The van der Waals surface area contributed by atoms with Gasteiger partial charge in [-0.3, -0.25) is 9.69 Å². The molecule has 2 rings (SSSR count). The number of hydrogen-bond acceptors (Lipinski definition) is 3. The van der Waals surface area contributed by atoms with Crippen molar-refractivity contribution in [3.8, 4) is 0 Å². The lowest BCUT2D eigenvalue weighted by Gasteiger charge is -2.47. The van der Waals surface area contributed by atoms with Gasteiger partial charge < -0.3 is 10.2 Å². The van der Waals surface area contributed by atoms with E-state index in [1.165, 1.54) is 32.5 Å². The number of piperazine rings is 1. The number of nitrogens with one attached hydrogen (secondary N) is 1. The van der Waals surface area contributed by atoms with Gasteiger partial charge in [0.1, 0.15) is 0 Å². The van der Waals surface area contributed by atoms with Crippen LogP contribution in [0.3, 0.4) is 0 Å². The Kier molecular flexibility index (Phi) is 7.99. The number of piperidine rings is 1. The summed E-state index contributed by atoms with van der Waals surface area (Å²) in [5, 5.41) is 3.45. The lowest BCUT2D eigenvalue weighted by atomic mass is 9.94. The minimum Gasteiger partial charge on any atom is -0.337 e. The quantitative estimate of drug-likeness (QED) is 0.863. The van der Waals surface area contributed by atoms with Crippen LogP contribution >= 0.6 is 12.4 Å². The second kappa shape index (κ2) is 8.96. The highest BCUT2D eigenvalue weighted by molar-refractivity contribution is 5.85. The molecule has 0 aliphatic carbocycles. The molecule has 1 N–H and O–H groups in total. The molecule has 124 valence electrons. The van der Waals surface area contributed by atoms with Crippen LogP contribution in [-0.2, 0) is 4.79 Å². The van der Waals surface area contributed by atoms with E-state index in [0.717, 1.165) is 31.8 Å². The molecular weight excluding hydrogens is 286 g/mol. The van der Waals surface area contributed by atoms with Gasteiger partial charge in [0.25, 0.3) is 0 Å². The van der Waals surface area contributed by atoms with Crippen molar-refractivity contribution in [2.24, 2.45) is 5.92 Å². The number of carbonyl (C=O) groups excluding carboxylic acids is 1. The summed E-state index contributed by atoms with van der Waals surface area (Å²) in [7, 11) is 0. The van der Waals surface area contributed by atoms with Gasteiger partial charge in [0.2, 0.25) is 5.91 Å². The van der Waals surface area contributed by atoms with Crippen LogP contribution < -0.4 is 5.32 Å². The third-order valence-corrected chi connectivity index (χ3v) is 5.11. The third-order valence-electron chi connectivity index (χ3n) is 5.11. The van der Waals surface area contributed by atoms with Crippen LogP contribution in [0, 0.1) is 5.92 Å².